The van der Waals surface area contributed by atoms with E-state index in [1.54, 1.807) is 12.3 Å². The Morgan fingerprint density at radius 2 is 2.57 bits per heavy atom. The first kappa shape index (κ1) is 3.13. The first-order chi connectivity index (χ1) is 3.80. The molecule has 1 aromatic rings. The first-order valence-corrected chi connectivity index (χ1v) is 2.05. The summed E-state index contributed by atoms with van der Waals surface area (Å²) in [5, 5.41) is 7.00. The molecule has 0 aromatic carbocycles. The Hall–Kier alpha value is -0.920. The highest BCUT2D eigenvalue weighted by molar-refractivity contribution is 5.00. The van der Waals surface area contributed by atoms with Crippen molar-refractivity contribution in [1.82, 2.24) is 10.2 Å². The molecule has 0 aliphatic carbocycles. The standard InChI is InChI=1S/C5H6N2/c1-5-2-3-6-7-4-5/h2-4H,1H3/i4D. The van der Waals surface area contributed by atoms with Crippen molar-refractivity contribution >= 4 is 0 Å². The Bertz CT molecular complexity index is 167. The second-order valence-corrected chi connectivity index (χ2v) is 1.33. The van der Waals surface area contributed by atoms with Crippen LogP contribution in [0.15, 0.2) is 18.4 Å². The third kappa shape index (κ3) is 0.961. The van der Waals surface area contributed by atoms with Gasteiger partial charge in [-0.05, 0) is 18.6 Å². The summed E-state index contributed by atoms with van der Waals surface area (Å²) in [6.07, 6.45) is 1.83. The van der Waals surface area contributed by atoms with E-state index in [2.05, 4.69) is 10.2 Å². The van der Waals surface area contributed by atoms with Crippen LogP contribution < -0.4 is 0 Å². The van der Waals surface area contributed by atoms with Crippen molar-refractivity contribution in [1.29, 1.82) is 0 Å². The molecule has 0 amide bonds. The van der Waals surface area contributed by atoms with Gasteiger partial charge in [0.1, 0.15) is 0 Å². The molecule has 0 bridgehead atoms. The summed E-state index contributed by atoms with van der Waals surface area (Å²) in [6, 6.07) is 1.76. The van der Waals surface area contributed by atoms with E-state index in [1.165, 1.54) is 0 Å². The molecule has 0 spiro atoms. The highest BCUT2D eigenvalue weighted by atomic mass is 15.1. The van der Waals surface area contributed by atoms with Crippen molar-refractivity contribution in [3.05, 3.63) is 24.0 Å². The van der Waals surface area contributed by atoms with Gasteiger partial charge in [0, 0.05) is 6.20 Å². The van der Waals surface area contributed by atoms with E-state index in [4.69, 9.17) is 1.37 Å². The quantitative estimate of drug-likeness (QED) is 0.476. The molecule has 7 heavy (non-hydrogen) atoms. The van der Waals surface area contributed by atoms with Gasteiger partial charge in [0.25, 0.3) is 0 Å². The maximum atomic E-state index is 7.05. The van der Waals surface area contributed by atoms with Crippen LogP contribution in [-0.4, -0.2) is 10.2 Å². The molecule has 0 fully saturated rings. The zero-order valence-corrected chi connectivity index (χ0v) is 4.05. The lowest BCUT2D eigenvalue weighted by Gasteiger charge is -1.80. The van der Waals surface area contributed by atoms with Gasteiger partial charge in [-0.15, -0.1) is 0 Å². The number of rotatable bonds is 0. The monoisotopic (exact) mass is 95.1 g/mol. The number of aromatic nitrogens is 2. The van der Waals surface area contributed by atoms with Crippen molar-refractivity contribution in [3.8, 4) is 0 Å². The van der Waals surface area contributed by atoms with Gasteiger partial charge in [-0.1, -0.05) is 0 Å². The Balaban J connectivity index is 3.13. The highest BCUT2D eigenvalue weighted by Gasteiger charge is 1.74. The molecular formula is C5H6N2. The number of hydrogen-bond donors (Lipinski definition) is 0. The van der Waals surface area contributed by atoms with E-state index in [0.29, 0.717) is 0 Å². The van der Waals surface area contributed by atoms with Gasteiger partial charge in [-0.3, -0.25) is 0 Å². The van der Waals surface area contributed by atoms with E-state index in [9.17, 15) is 0 Å². The summed E-state index contributed by atoms with van der Waals surface area (Å²) in [6.45, 7) is 1.83. The smallest absolute Gasteiger partial charge is 0.0863 e. The predicted molar refractivity (Wildman–Crippen MR) is 26.8 cm³/mol. The molecule has 0 saturated carbocycles. The number of hydrogen-bond acceptors (Lipinski definition) is 2. The van der Waals surface area contributed by atoms with E-state index in [-0.39, 0.29) is 6.17 Å². The van der Waals surface area contributed by atoms with Crippen LogP contribution in [0.2, 0.25) is 0 Å². The van der Waals surface area contributed by atoms with Gasteiger partial charge in [0.15, 0.2) is 0 Å². The molecule has 0 radical (unpaired) electrons. The van der Waals surface area contributed by atoms with Crippen LogP contribution in [0.25, 0.3) is 0 Å². The normalized spacial score (nSPS) is 10.7. The minimum Gasteiger partial charge on any atom is -0.159 e. The minimum atomic E-state index is 0.257. The molecule has 2 nitrogen and oxygen atoms in total. The van der Waals surface area contributed by atoms with Gasteiger partial charge in [-0.25, -0.2) is 0 Å². The average Bonchev–Trinajstić information content (AvgIpc) is 1.77. The summed E-state index contributed by atoms with van der Waals surface area (Å²) in [4.78, 5) is 0. The molecule has 2 heteroatoms. The van der Waals surface area contributed by atoms with Crippen LogP contribution in [-0.2, 0) is 0 Å². The Labute approximate surface area is 43.6 Å². The van der Waals surface area contributed by atoms with Crippen molar-refractivity contribution < 1.29 is 1.37 Å². The fraction of sp³-hybridized carbons (Fsp3) is 0.200. The molecule has 36 valence electrons. The fourth-order valence-electron chi connectivity index (χ4n) is 0.323. The van der Waals surface area contributed by atoms with Gasteiger partial charge in [0.05, 0.1) is 7.54 Å². The van der Waals surface area contributed by atoms with Crippen molar-refractivity contribution in [2.45, 2.75) is 6.92 Å². The first-order valence-electron chi connectivity index (χ1n) is 2.55. The van der Waals surface area contributed by atoms with Crippen LogP contribution >= 0.6 is 0 Å². The lowest BCUT2D eigenvalue weighted by molar-refractivity contribution is 1.01. The summed E-state index contributed by atoms with van der Waals surface area (Å²) in [7, 11) is 0. The molecule has 1 rings (SSSR count). The zero-order valence-electron chi connectivity index (χ0n) is 5.05. The molecule has 0 aliphatic rings. The highest BCUT2D eigenvalue weighted by Crippen LogP contribution is 1.85. The molecule has 0 atom stereocenters. The van der Waals surface area contributed by atoms with Crippen LogP contribution in [0, 0.1) is 6.92 Å². The topological polar surface area (TPSA) is 25.8 Å². The summed E-state index contributed by atoms with van der Waals surface area (Å²) in [5.74, 6) is 0. The largest absolute Gasteiger partial charge is 0.159 e. The number of aryl methyl sites for hydroxylation is 1. The van der Waals surface area contributed by atoms with E-state index < -0.39 is 0 Å². The Morgan fingerprint density at radius 1 is 1.71 bits per heavy atom. The molecule has 0 unspecified atom stereocenters. The fourth-order valence-corrected chi connectivity index (χ4v) is 0.323. The molecule has 0 saturated heterocycles. The van der Waals surface area contributed by atoms with Gasteiger partial charge < -0.3 is 0 Å². The SMILES string of the molecule is [2H]c1nnccc1C. The molecular weight excluding hydrogens is 88.1 g/mol. The summed E-state index contributed by atoms with van der Waals surface area (Å²) >= 11 is 0. The second kappa shape index (κ2) is 1.69. The third-order valence-electron chi connectivity index (χ3n) is 0.675. The van der Waals surface area contributed by atoms with E-state index in [1.807, 2.05) is 6.92 Å². The number of nitrogens with zero attached hydrogens (tertiary/aromatic N) is 2. The van der Waals surface area contributed by atoms with Crippen LogP contribution in [0.3, 0.4) is 0 Å². The lowest BCUT2D eigenvalue weighted by Crippen LogP contribution is -1.76. The molecule has 1 aromatic heterocycles. The minimum absolute atomic E-state index is 0.257. The summed E-state index contributed by atoms with van der Waals surface area (Å²) < 4.78 is 7.05. The van der Waals surface area contributed by atoms with Crippen LogP contribution in [0.1, 0.15) is 6.93 Å². The molecule has 1 heterocycles. The second-order valence-electron chi connectivity index (χ2n) is 1.33. The van der Waals surface area contributed by atoms with Crippen molar-refractivity contribution in [3.63, 3.8) is 0 Å². The molecule has 0 N–H and O–H groups in total. The lowest BCUT2D eigenvalue weighted by atomic mass is 10.4. The van der Waals surface area contributed by atoms with Gasteiger partial charge in [0.2, 0.25) is 0 Å². The van der Waals surface area contributed by atoms with Crippen molar-refractivity contribution in [2.75, 3.05) is 0 Å². The average molecular weight is 95.1 g/mol. The van der Waals surface area contributed by atoms with Crippen LogP contribution in [0.5, 0.6) is 0 Å². The summed E-state index contributed by atoms with van der Waals surface area (Å²) in [5.41, 5.74) is 0.861. The zero-order chi connectivity index (χ0) is 5.98. The van der Waals surface area contributed by atoms with Crippen LogP contribution in [0.4, 0.5) is 0 Å². The van der Waals surface area contributed by atoms with Gasteiger partial charge in [-0.2, -0.15) is 10.2 Å². The van der Waals surface area contributed by atoms with E-state index in [0.717, 1.165) is 5.56 Å². The molecule has 0 aliphatic heterocycles. The Morgan fingerprint density at radius 3 is 3.00 bits per heavy atom. The maximum Gasteiger partial charge on any atom is 0.0863 e. The third-order valence-corrected chi connectivity index (χ3v) is 0.675. The van der Waals surface area contributed by atoms with Gasteiger partial charge >= 0.3 is 0 Å². The maximum absolute atomic E-state index is 7.05. The Kier molecular flexibility index (Phi) is 0.754. The predicted octanol–water partition coefficient (Wildman–Crippen LogP) is 0.785. The van der Waals surface area contributed by atoms with Crippen molar-refractivity contribution in [2.24, 2.45) is 0 Å². The van der Waals surface area contributed by atoms with E-state index >= 15 is 0 Å².